The molecule has 0 aliphatic rings. The van der Waals surface area contributed by atoms with Gasteiger partial charge in [-0.1, -0.05) is 24.3 Å². The molecule has 0 radical (unpaired) electrons. The van der Waals surface area contributed by atoms with Gasteiger partial charge in [0.15, 0.2) is 0 Å². The minimum atomic E-state index is -0.739. The van der Waals surface area contributed by atoms with E-state index in [-0.39, 0.29) is 11.1 Å². The molecular weight excluding hydrogens is 238 g/mol. The minimum absolute atomic E-state index is 0.140. The van der Waals surface area contributed by atoms with Gasteiger partial charge in [0, 0.05) is 5.56 Å². The summed E-state index contributed by atoms with van der Waals surface area (Å²) in [6.45, 7) is 0. The average Bonchev–Trinajstić information content (AvgIpc) is 2.39. The highest BCUT2D eigenvalue weighted by Gasteiger charge is 2.16. The van der Waals surface area contributed by atoms with E-state index in [0.717, 1.165) is 0 Å². The highest BCUT2D eigenvalue weighted by Crippen LogP contribution is 2.25. The molecule has 0 amide bonds. The van der Waals surface area contributed by atoms with Crippen molar-refractivity contribution in [1.82, 2.24) is 0 Å². The van der Waals surface area contributed by atoms with Crippen molar-refractivity contribution < 1.29 is 18.3 Å². The highest BCUT2D eigenvalue weighted by molar-refractivity contribution is 5.91. The van der Waals surface area contributed by atoms with Crippen molar-refractivity contribution in [2.45, 2.75) is 0 Å². The number of carbonyl (C=O) groups excluding carboxylic acids is 1. The van der Waals surface area contributed by atoms with Crippen LogP contribution >= 0.6 is 0 Å². The fourth-order valence-corrected chi connectivity index (χ4v) is 1.65. The first kappa shape index (κ1) is 12.2. The second-order valence-electron chi connectivity index (χ2n) is 3.67. The van der Waals surface area contributed by atoms with Gasteiger partial charge in [-0.05, 0) is 23.8 Å². The van der Waals surface area contributed by atoms with E-state index in [4.69, 9.17) is 0 Å². The largest absolute Gasteiger partial charge is 0.465 e. The van der Waals surface area contributed by atoms with Gasteiger partial charge in [-0.25, -0.2) is 13.6 Å². The normalized spacial score (nSPS) is 10.2. The maximum Gasteiger partial charge on any atom is 0.340 e. The van der Waals surface area contributed by atoms with E-state index < -0.39 is 17.6 Å². The quantitative estimate of drug-likeness (QED) is 0.761. The van der Waals surface area contributed by atoms with Crippen molar-refractivity contribution >= 4 is 5.97 Å². The topological polar surface area (TPSA) is 26.3 Å². The Balaban J connectivity index is 2.52. The van der Waals surface area contributed by atoms with Crippen LogP contribution in [0, 0.1) is 11.6 Å². The van der Waals surface area contributed by atoms with E-state index in [2.05, 4.69) is 4.74 Å². The molecule has 0 atom stereocenters. The van der Waals surface area contributed by atoms with Crippen LogP contribution in [-0.2, 0) is 4.74 Å². The summed E-state index contributed by atoms with van der Waals surface area (Å²) in [6.07, 6.45) is 0. The van der Waals surface area contributed by atoms with Crippen LogP contribution in [0.15, 0.2) is 42.5 Å². The fraction of sp³-hybridized carbons (Fsp3) is 0.0714. The van der Waals surface area contributed by atoms with Crippen molar-refractivity contribution in [1.29, 1.82) is 0 Å². The summed E-state index contributed by atoms with van der Waals surface area (Å²) >= 11 is 0. The van der Waals surface area contributed by atoms with Crippen LogP contribution in [0.3, 0.4) is 0 Å². The molecule has 0 aliphatic carbocycles. The lowest BCUT2D eigenvalue weighted by molar-refractivity contribution is 0.0595. The molecule has 0 aromatic heterocycles. The Morgan fingerprint density at radius 3 is 2.33 bits per heavy atom. The van der Waals surface area contributed by atoms with Crippen molar-refractivity contribution in [3.05, 3.63) is 59.7 Å². The lowest BCUT2D eigenvalue weighted by Gasteiger charge is -2.07. The van der Waals surface area contributed by atoms with Gasteiger partial charge in [0.05, 0.1) is 12.7 Å². The number of halogens is 2. The second-order valence-corrected chi connectivity index (χ2v) is 3.67. The van der Waals surface area contributed by atoms with Gasteiger partial charge in [0.1, 0.15) is 11.6 Å². The molecule has 0 bridgehead atoms. The van der Waals surface area contributed by atoms with Gasteiger partial charge < -0.3 is 4.74 Å². The van der Waals surface area contributed by atoms with E-state index in [9.17, 15) is 13.6 Å². The molecule has 2 rings (SSSR count). The van der Waals surface area contributed by atoms with Crippen LogP contribution in [0.2, 0.25) is 0 Å². The van der Waals surface area contributed by atoms with Gasteiger partial charge in [0.25, 0.3) is 0 Å². The first-order valence-corrected chi connectivity index (χ1v) is 5.26. The van der Waals surface area contributed by atoms with Gasteiger partial charge in [-0.2, -0.15) is 0 Å². The molecule has 0 N–H and O–H groups in total. The maximum atomic E-state index is 14.1. The number of methoxy groups -OCH3 is 1. The van der Waals surface area contributed by atoms with Crippen LogP contribution in [0.4, 0.5) is 8.78 Å². The molecule has 0 heterocycles. The first-order valence-electron chi connectivity index (χ1n) is 5.26. The highest BCUT2D eigenvalue weighted by atomic mass is 19.1. The van der Waals surface area contributed by atoms with Crippen LogP contribution in [-0.4, -0.2) is 13.1 Å². The predicted octanol–water partition coefficient (Wildman–Crippen LogP) is 3.42. The Morgan fingerprint density at radius 1 is 1.06 bits per heavy atom. The molecule has 2 aromatic rings. The zero-order valence-electron chi connectivity index (χ0n) is 9.61. The van der Waals surface area contributed by atoms with Crippen LogP contribution in [0.25, 0.3) is 11.1 Å². The molecule has 0 aliphatic heterocycles. The molecule has 18 heavy (non-hydrogen) atoms. The van der Waals surface area contributed by atoms with Gasteiger partial charge >= 0.3 is 5.97 Å². The van der Waals surface area contributed by atoms with Crippen LogP contribution < -0.4 is 0 Å². The summed E-state index contributed by atoms with van der Waals surface area (Å²) in [5, 5.41) is 0. The van der Waals surface area contributed by atoms with Crippen LogP contribution in [0.5, 0.6) is 0 Å². The lowest BCUT2D eigenvalue weighted by atomic mass is 10.0. The Labute approximate surface area is 103 Å². The molecule has 0 unspecified atom stereocenters. The molecule has 0 saturated heterocycles. The Kier molecular flexibility index (Phi) is 3.37. The summed E-state index contributed by atoms with van der Waals surface area (Å²) in [7, 11) is 1.19. The second kappa shape index (κ2) is 4.96. The third-order valence-electron chi connectivity index (χ3n) is 2.56. The third-order valence-corrected chi connectivity index (χ3v) is 2.56. The molecular formula is C14H10F2O2. The van der Waals surface area contributed by atoms with E-state index in [1.54, 1.807) is 6.07 Å². The fourth-order valence-electron chi connectivity index (χ4n) is 1.65. The van der Waals surface area contributed by atoms with Crippen molar-refractivity contribution in [3.8, 4) is 11.1 Å². The predicted molar refractivity (Wildman–Crippen MR) is 63.1 cm³/mol. The maximum absolute atomic E-state index is 14.1. The standard InChI is InChI=1S/C14H10F2O2/c1-18-14(17)12-4-2-3-11(13(12)16)9-5-7-10(15)8-6-9/h2-8H,1H3. The van der Waals surface area contributed by atoms with E-state index >= 15 is 0 Å². The summed E-state index contributed by atoms with van der Waals surface area (Å²) in [5.41, 5.74) is 0.594. The first-order chi connectivity index (χ1) is 8.63. The van der Waals surface area contributed by atoms with Crippen molar-refractivity contribution in [3.63, 3.8) is 0 Å². The average molecular weight is 248 g/mol. The summed E-state index contributed by atoms with van der Waals surface area (Å²) in [4.78, 5) is 11.3. The van der Waals surface area contributed by atoms with Crippen molar-refractivity contribution in [2.24, 2.45) is 0 Å². The van der Waals surface area contributed by atoms with E-state index in [0.29, 0.717) is 5.56 Å². The monoisotopic (exact) mass is 248 g/mol. The summed E-state index contributed by atoms with van der Waals surface area (Å²) < 4.78 is 31.4. The molecule has 4 heteroatoms. The molecule has 0 fully saturated rings. The smallest absolute Gasteiger partial charge is 0.340 e. The number of carbonyl (C=O) groups is 1. The summed E-state index contributed by atoms with van der Waals surface area (Å²) in [5.74, 6) is -1.81. The zero-order valence-corrected chi connectivity index (χ0v) is 9.61. The van der Waals surface area contributed by atoms with Crippen molar-refractivity contribution in [2.75, 3.05) is 7.11 Å². The van der Waals surface area contributed by atoms with Crippen LogP contribution in [0.1, 0.15) is 10.4 Å². The van der Waals surface area contributed by atoms with Gasteiger partial charge in [0.2, 0.25) is 0 Å². The third kappa shape index (κ3) is 2.22. The number of esters is 1. The van der Waals surface area contributed by atoms with E-state index in [1.807, 2.05) is 0 Å². The van der Waals surface area contributed by atoms with Gasteiger partial charge in [-0.15, -0.1) is 0 Å². The molecule has 92 valence electrons. The number of hydrogen-bond acceptors (Lipinski definition) is 2. The number of hydrogen-bond donors (Lipinski definition) is 0. The Morgan fingerprint density at radius 2 is 1.72 bits per heavy atom. The SMILES string of the molecule is COC(=O)c1cccc(-c2ccc(F)cc2)c1F. The number of rotatable bonds is 2. The van der Waals surface area contributed by atoms with E-state index in [1.165, 1.54) is 43.5 Å². The molecule has 2 nitrogen and oxygen atoms in total. The molecule has 0 spiro atoms. The lowest BCUT2D eigenvalue weighted by Crippen LogP contribution is -2.05. The minimum Gasteiger partial charge on any atom is -0.465 e. The summed E-state index contributed by atoms with van der Waals surface area (Å²) in [6, 6.07) is 9.79. The Hall–Kier alpha value is -2.23. The molecule has 2 aromatic carbocycles. The number of ether oxygens (including phenoxy) is 1. The van der Waals surface area contributed by atoms with Gasteiger partial charge in [-0.3, -0.25) is 0 Å². The number of benzene rings is 2. The zero-order chi connectivity index (χ0) is 13.1. The molecule has 0 saturated carbocycles. The Bertz CT molecular complexity index is 577.